The lowest BCUT2D eigenvalue weighted by Gasteiger charge is -2.40. The average molecular weight is 389 g/mol. The molecule has 29 heavy (non-hydrogen) atoms. The highest BCUT2D eigenvalue weighted by molar-refractivity contribution is 5.66. The molecular formula is C22H19N3O4. The summed E-state index contributed by atoms with van der Waals surface area (Å²) in [5.74, 6) is 0.935. The Labute approximate surface area is 167 Å². The molecule has 0 radical (unpaired) electrons. The quantitative estimate of drug-likeness (QED) is 0.480. The monoisotopic (exact) mass is 389 g/mol. The van der Waals surface area contributed by atoms with Crippen LogP contribution in [0.5, 0.6) is 11.6 Å². The van der Waals surface area contributed by atoms with Crippen LogP contribution in [0.2, 0.25) is 0 Å². The Morgan fingerprint density at radius 2 is 1.93 bits per heavy atom. The van der Waals surface area contributed by atoms with E-state index in [1.54, 1.807) is 17.0 Å². The summed E-state index contributed by atoms with van der Waals surface area (Å²) in [6.45, 7) is 6.25. The molecule has 5 rings (SSSR count). The van der Waals surface area contributed by atoms with Gasteiger partial charge < -0.3 is 9.47 Å². The fraction of sp³-hybridized carbons (Fsp3) is 0.227. The van der Waals surface area contributed by atoms with Gasteiger partial charge in [-0.1, -0.05) is 29.8 Å². The maximum atomic E-state index is 11.5. The van der Waals surface area contributed by atoms with E-state index in [4.69, 9.17) is 14.6 Å². The zero-order valence-electron chi connectivity index (χ0n) is 16.3. The molecule has 0 spiro atoms. The van der Waals surface area contributed by atoms with Gasteiger partial charge in [0.2, 0.25) is 11.6 Å². The maximum absolute atomic E-state index is 11.5. The number of aryl methyl sites for hydroxylation is 2. The molecule has 1 atom stereocenters. The smallest absolute Gasteiger partial charge is 0.311 e. The van der Waals surface area contributed by atoms with E-state index in [0.717, 1.165) is 33.6 Å². The molecule has 0 aliphatic carbocycles. The van der Waals surface area contributed by atoms with E-state index < -0.39 is 10.3 Å². The highest BCUT2D eigenvalue weighted by Gasteiger charge is 2.48. The van der Waals surface area contributed by atoms with E-state index in [1.807, 2.05) is 44.2 Å². The number of rotatable bonds is 2. The summed E-state index contributed by atoms with van der Waals surface area (Å²) in [7, 11) is 0. The van der Waals surface area contributed by atoms with Gasteiger partial charge in [0, 0.05) is 17.2 Å². The molecule has 2 aromatic carbocycles. The summed E-state index contributed by atoms with van der Waals surface area (Å²) >= 11 is 0. The molecule has 146 valence electrons. The van der Waals surface area contributed by atoms with Crippen molar-refractivity contribution < 1.29 is 14.4 Å². The molecule has 7 heteroatoms. The molecule has 0 N–H and O–H groups in total. The molecular weight excluding hydrogens is 370 g/mol. The number of hydrogen-bond acceptors (Lipinski definition) is 5. The van der Waals surface area contributed by atoms with Crippen LogP contribution in [-0.2, 0) is 5.41 Å². The molecule has 0 saturated carbocycles. The number of hydrogen-bond donors (Lipinski definition) is 0. The molecule has 7 nitrogen and oxygen atoms in total. The van der Waals surface area contributed by atoms with Crippen LogP contribution in [-0.4, -0.2) is 21.3 Å². The highest BCUT2D eigenvalue weighted by atomic mass is 16.6. The first kappa shape index (κ1) is 17.5. The summed E-state index contributed by atoms with van der Waals surface area (Å²) in [6, 6.07) is 13.1. The predicted molar refractivity (Wildman–Crippen MR) is 107 cm³/mol. The van der Waals surface area contributed by atoms with Crippen molar-refractivity contribution in [2.45, 2.75) is 26.2 Å². The lowest BCUT2D eigenvalue weighted by Crippen LogP contribution is -2.37. The Bertz CT molecular complexity index is 1190. The molecule has 0 saturated heterocycles. The van der Waals surface area contributed by atoms with Crippen LogP contribution in [0.25, 0.3) is 5.69 Å². The van der Waals surface area contributed by atoms with Gasteiger partial charge in [-0.15, -0.1) is 0 Å². The standard InChI is InChI=1S/C22H19N3O4/c1-13-7-9-16(10-8-13)24-21-19(14(2)23-24)22(3)15(12-29-21)11-28-20-17(22)5-4-6-18(20)25(26)27/h4-10,12H,11H2,1-3H3. The van der Waals surface area contributed by atoms with Gasteiger partial charge in [-0.3, -0.25) is 10.1 Å². The summed E-state index contributed by atoms with van der Waals surface area (Å²) in [4.78, 5) is 11.1. The third-order valence-electron chi connectivity index (χ3n) is 5.85. The minimum absolute atomic E-state index is 0.0283. The Balaban J connectivity index is 1.76. The van der Waals surface area contributed by atoms with E-state index in [1.165, 1.54) is 6.07 Å². The van der Waals surface area contributed by atoms with Crippen molar-refractivity contribution in [3.63, 3.8) is 0 Å². The first-order chi connectivity index (χ1) is 13.9. The predicted octanol–water partition coefficient (Wildman–Crippen LogP) is 4.37. The molecule has 0 bridgehead atoms. The Morgan fingerprint density at radius 3 is 2.66 bits per heavy atom. The maximum Gasteiger partial charge on any atom is 0.311 e. The number of nitro benzene ring substituents is 1. The number of para-hydroxylation sites is 1. The van der Waals surface area contributed by atoms with Crippen LogP contribution in [0.1, 0.15) is 29.3 Å². The Kier molecular flexibility index (Phi) is 3.58. The van der Waals surface area contributed by atoms with Crippen LogP contribution in [0.15, 0.2) is 54.3 Å². The molecule has 2 aliphatic heterocycles. The fourth-order valence-electron chi connectivity index (χ4n) is 4.31. The van der Waals surface area contributed by atoms with Crippen LogP contribution in [0, 0.1) is 24.0 Å². The third-order valence-corrected chi connectivity index (χ3v) is 5.85. The fourth-order valence-corrected chi connectivity index (χ4v) is 4.31. The van der Waals surface area contributed by atoms with Crippen molar-refractivity contribution >= 4 is 5.69 Å². The molecule has 3 heterocycles. The van der Waals surface area contributed by atoms with Gasteiger partial charge in [0.05, 0.1) is 33.5 Å². The molecule has 1 unspecified atom stereocenters. The highest BCUT2D eigenvalue weighted by Crippen LogP contribution is 2.54. The minimum Gasteiger partial charge on any atom is -0.482 e. The van der Waals surface area contributed by atoms with Crippen LogP contribution < -0.4 is 9.47 Å². The molecule has 0 amide bonds. The van der Waals surface area contributed by atoms with Crippen molar-refractivity contribution in [2.75, 3.05) is 6.61 Å². The zero-order chi connectivity index (χ0) is 20.3. The lowest BCUT2D eigenvalue weighted by molar-refractivity contribution is -0.386. The van der Waals surface area contributed by atoms with E-state index >= 15 is 0 Å². The summed E-state index contributed by atoms with van der Waals surface area (Å²) in [5, 5.41) is 16.3. The second kappa shape index (κ2) is 5.94. The van der Waals surface area contributed by atoms with Crippen molar-refractivity contribution in [1.82, 2.24) is 9.78 Å². The molecule has 2 aliphatic rings. The van der Waals surface area contributed by atoms with Crippen molar-refractivity contribution in [1.29, 1.82) is 0 Å². The molecule has 3 aromatic rings. The first-order valence-electron chi connectivity index (χ1n) is 9.35. The Morgan fingerprint density at radius 1 is 1.17 bits per heavy atom. The first-order valence-corrected chi connectivity index (χ1v) is 9.35. The normalized spacial score (nSPS) is 19.2. The zero-order valence-corrected chi connectivity index (χ0v) is 16.3. The number of nitro groups is 1. The van der Waals surface area contributed by atoms with E-state index in [9.17, 15) is 10.1 Å². The van der Waals surface area contributed by atoms with E-state index in [2.05, 4.69) is 6.92 Å². The van der Waals surface area contributed by atoms with Gasteiger partial charge in [0.15, 0.2) is 0 Å². The van der Waals surface area contributed by atoms with Gasteiger partial charge in [-0.25, -0.2) is 4.68 Å². The van der Waals surface area contributed by atoms with Gasteiger partial charge in [-0.2, -0.15) is 5.10 Å². The largest absolute Gasteiger partial charge is 0.482 e. The lowest BCUT2D eigenvalue weighted by atomic mass is 9.68. The van der Waals surface area contributed by atoms with E-state index in [-0.39, 0.29) is 12.3 Å². The minimum atomic E-state index is -0.625. The van der Waals surface area contributed by atoms with Crippen LogP contribution in [0.3, 0.4) is 0 Å². The number of benzene rings is 2. The summed E-state index contributed by atoms with van der Waals surface area (Å²) in [5.41, 5.74) is 4.78. The third kappa shape index (κ3) is 2.33. The second-order valence-electron chi connectivity index (χ2n) is 7.60. The summed E-state index contributed by atoms with van der Waals surface area (Å²) < 4.78 is 13.6. The number of aromatic nitrogens is 2. The van der Waals surface area contributed by atoms with Crippen LogP contribution in [0.4, 0.5) is 5.69 Å². The van der Waals surface area contributed by atoms with Crippen molar-refractivity contribution in [2.24, 2.45) is 0 Å². The number of nitrogens with zero attached hydrogens (tertiary/aromatic N) is 3. The second-order valence-corrected chi connectivity index (χ2v) is 7.60. The van der Waals surface area contributed by atoms with Gasteiger partial charge in [0.1, 0.15) is 6.61 Å². The SMILES string of the molecule is Cc1ccc(-n2nc(C)c3c2OC=C2COc4c([N+](=O)[O-])cccc4C23C)cc1. The average Bonchev–Trinajstić information content (AvgIpc) is 3.05. The van der Waals surface area contributed by atoms with Crippen LogP contribution >= 0.6 is 0 Å². The van der Waals surface area contributed by atoms with Gasteiger partial charge in [0.25, 0.3) is 0 Å². The molecule has 1 aromatic heterocycles. The Hall–Kier alpha value is -3.61. The van der Waals surface area contributed by atoms with E-state index in [0.29, 0.717) is 11.6 Å². The van der Waals surface area contributed by atoms with Crippen molar-refractivity contribution in [3.8, 4) is 17.3 Å². The number of fused-ring (bicyclic) bond motifs is 5. The van der Waals surface area contributed by atoms with Crippen molar-refractivity contribution in [3.05, 3.63) is 86.8 Å². The topological polar surface area (TPSA) is 79.4 Å². The number of ether oxygens (including phenoxy) is 2. The van der Waals surface area contributed by atoms with Gasteiger partial charge in [-0.05, 0) is 32.9 Å². The molecule has 0 fully saturated rings. The summed E-state index contributed by atoms with van der Waals surface area (Å²) in [6.07, 6.45) is 1.69. The van der Waals surface area contributed by atoms with Gasteiger partial charge >= 0.3 is 5.69 Å².